The van der Waals surface area contributed by atoms with Gasteiger partial charge in [0.05, 0.1) is 21.2 Å². The molecule has 0 saturated heterocycles. The molecule has 2 amide bonds. The number of rotatable bonds is 7. The van der Waals surface area contributed by atoms with E-state index in [-0.39, 0.29) is 37.0 Å². The van der Waals surface area contributed by atoms with E-state index >= 15 is 4.39 Å². The molecule has 14 heteroatoms. The topological polar surface area (TPSA) is 58.2 Å². The molecule has 0 radical (unpaired) electrons. The highest BCUT2D eigenvalue weighted by Gasteiger charge is 2.40. The lowest BCUT2D eigenvalue weighted by molar-refractivity contribution is -0.154. The van der Waals surface area contributed by atoms with Gasteiger partial charge in [0.2, 0.25) is 5.91 Å². The molecule has 2 N–H and O–H groups in total. The summed E-state index contributed by atoms with van der Waals surface area (Å²) in [5.41, 5.74) is -0.782. The first kappa shape index (κ1) is 31.5. The summed E-state index contributed by atoms with van der Waals surface area (Å²) < 4.78 is 94.5. The Bertz CT molecular complexity index is 1450. The molecular weight excluding hydrogens is 612 g/mol. The second-order valence-electron chi connectivity index (χ2n) is 8.59. The van der Waals surface area contributed by atoms with Crippen LogP contribution in [0.5, 0.6) is 0 Å². The Hall–Kier alpha value is -3.02. The minimum atomic E-state index is -4.94. The van der Waals surface area contributed by atoms with E-state index in [1.165, 1.54) is 31.2 Å². The number of halogens is 10. The van der Waals surface area contributed by atoms with Gasteiger partial charge < -0.3 is 10.6 Å². The van der Waals surface area contributed by atoms with Gasteiger partial charge in [0.1, 0.15) is 18.2 Å². The van der Waals surface area contributed by atoms with Gasteiger partial charge in [-0.25, -0.2) is 4.39 Å². The van der Waals surface area contributed by atoms with Crippen LogP contribution < -0.4 is 10.6 Å². The minimum absolute atomic E-state index is 0.0623. The van der Waals surface area contributed by atoms with E-state index in [1.807, 2.05) is 5.32 Å². The summed E-state index contributed by atoms with van der Waals surface area (Å²) in [5.74, 6) is -5.91. The van der Waals surface area contributed by atoms with Crippen molar-refractivity contribution < 1.29 is 40.3 Å². The number of amides is 2. The van der Waals surface area contributed by atoms with Crippen molar-refractivity contribution in [2.45, 2.75) is 37.8 Å². The lowest BCUT2D eigenvalue weighted by Gasteiger charge is -2.19. The van der Waals surface area contributed by atoms with E-state index in [2.05, 4.69) is 5.32 Å². The Morgan fingerprint density at radius 2 is 1.40 bits per heavy atom. The highest BCUT2D eigenvalue weighted by molar-refractivity contribution is 6.48. The van der Waals surface area contributed by atoms with Crippen molar-refractivity contribution in [3.05, 3.63) is 86.4 Å². The van der Waals surface area contributed by atoms with E-state index in [4.69, 9.17) is 34.8 Å². The Morgan fingerprint density at radius 1 is 0.875 bits per heavy atom. The predicted octanol–water partition coefficient (Wildman–Crippen LogP) is 8.60. The minimum Gasteiger partial charge on any atom is -0.336 e. The third-order valence-electron chi connectivity index (χ3n) is 5.54. The van der Waals surface area contributed by atoms with E-state index in [0.717, 1.165) is 24.3 Å². The second-order valence-corrected chi connectivity index (χ2v) is 9.79. The Kier molecular flexibility index (Phi) is 9.64. The van der Waals surface area contributed by atoms with Gasteiger partial charge in [0.15, 0.2) is 0 Å². The zero-order valence-corrected chi connectivity index (χ0v) is 22.4. The van der Waals surface area contributed by atoms with Crippen molar-refractivity contribution in [1.29, 1.82) is 0 Å². The molecule has 3 aromatic rings. The van der Waals surface area contributed by atoms with E-state index in [9.17, 15) is 35.9 Å². The Balaban J connectivity index is 1.97. The molecule has 0 spiro atoms. The van der Waals surface area contributed by atoms with Crippen LogP contribution in [0.25, 0.3) is 16.6 Å². The number of carbonyl (C=O) groups excluding carboxylic acids is 2. The largest absolute Gasteiger partial charge is 0.399 e. The van der Waals surface area contributed by atoms with Crippen LogP contribution in [0.2, 0.25) is 15.1 Å². The third kappa shape index (κ3) is 7.80. The van der Waals surface area contributed by atoms with Crippen LogP contribution in [0.4, 0.5) is 30.7 Å². The number of alkyl halides is 6. The summed E-state index contributed by atoms with van der Waals surface area (Å²) in [6, 6.07) is 9.84. The van der Waals surface area contributed by atoms with Crippen molar-refractivity contribution in [3.8, 4) is 0 Å². The first-order chi connectivity index (χ1) is 18.5. The number of fused-ring (bicyclic) bond motifs is 1. The standard InChI is InChI=1S/C26H18Cl3F7N2O2/c1-12(37-22(39)11-25(31,32)33)38-24(40)17-7-6-16(14-4-2-3-5-15(14)17)21(30)10-18(26(34,35)36)13-8-19(27)23(29)20(28)9-13/h2-10,12,18H,11H2,1H3,(H,37,39)(H,38,40)/b21-10-. The monoisotopic (exact) mass is 628 g/mol. The molecule has 2 unspecified atom stereocenters. The molecule has 0 fully saturated rings. The van der Waals surface area contributed by atoms with E-state index in [1.54, 1.807) is 0 Å². The first-order valence-electron chi connectivity index (χ1n) is 11.3. The van der Waals surface area contributed by atoms with Crippen molar-refractivity contribution >= 4 is 63.2 Å². The quantitative estimate of drug-likeness (QED) is 0.156. The lowest BCUT2D eigenvalue weighted by Crippen LogP contribution is -2.46. The molecule has 3 rings (SSSR count). The molecule has 0 aliphatic carbocycles. The second kappa shape index (κ2) is 12.2. The molecule has 0 aliphatic heterocycles. The molecule has 4 nitrogen and oxygen atoms in total. The smallest absolute Gasteiger partial charge is 0.336 e. The van der Waals surface area contributed by atoms with Gasteiger partial charge >= 0.3 is 12.4 Å². The number of carbonyl (C=O) groups is 2. The maximum Gasteiger partial charge on any atom is 0.399 e. The van der Waals surface area contributed by atoms with Crippen LogP contribution in [0.15, 0.2) is 54.6 Å². The fourth-order valence-corrected chi connectivity index (χ4v) is 4.47. The normalized spacial score (nSPS) is 14.1. The lowest BCUT2D eigenvalue weighted by atomic mass is 9.94. The average molecular weight is 630 g/mol. The summed E-state index contributed by atoms with van der Waals surface area (Å²) in [6.07, 6.45) is -12.3. The molecule has 0 bridgehead atoms. The van der Waals surface area contributed by atoms with Gasteiger partial charge in [0.25, 0.3) is 5.91 Å². The summed E-state index contributed by atoms with van der Waals surface area (Å²) >= 11 is 17.6. The zero-order valence-electron chi connectivity index (χ0n) is 20.2. The van der Waals surface area contributed by atoms with Gasteiger partial charge in [-0.1, -0.05) is 65.1 Å². The predicted molar refractivity (Wildman–Crippen MR) is 139 cm³/mol. The van der Waals surface area contributed by atoms with Gasteiger partial charge in [-0.3, -0.25) is 9.59 Å². The Morgan fingerprint density at radius 3 is 1.93 bits per heavy atom. The fourth-order valence-electron chi connectivity index (χ4n) is 3.86. The molecule has 0 heterocycles. The van der Waals surface area contributed by atoms with Gasteiger partial charge in [-0.05, 0) is 47.5 Å². The van der Waals surface area contributed by atoms with Crippen LogP contribution >= 0.6 is 34.8 Å². The third-order valence-corrected chi connectivity index (χ3v) is 6.74. The van der Waals surface area contributed by atoms with Crippen LogP contribution in [-0.4, -0.2) is 30.3 Å². The molecule has 0 aromatic heterocycles. The summed E-state index contributed by atoms with van der Waals surface area (Å²) in [7, 11) is 0. The zero-order chi connectivity index (χ0) is 30.0. The van der Waals surface area contributed by atoms with Crippen LogP contribution in [0, 0.1) is 0 Å². The number of hydrogen-bond acceptors (Lipinski definition) is 2. The number of benzene rings is 3. The van der Waals surface area contributed by atoms with Crippen LogP contribution in [0.3, 0.4) is 0 Å². The SMILES string of the molecule is CC(NC(=O)CC(F)(F)F)NC(=O)c1ccc(/C(F)=C/C(c2cc(Cl)c(Cl)c(Cl)c2)C(F)(F)F)c2ccccc12. The molecule has 3 aromatic carbocycles. The number of allylic oxidation sites excluding steroid dienone is 1. The maximum atomic E-state index is 15.5. The van der Waals surface area contributed by atoms with Crippen LogP contribution in [-0.2, 0) is 4.79 Å². The highest BCUT2D eigenvalue weighted by atomic mass is 35.5. The molecule has 0 saturated carbocycles. The number of hydrogen-bond donors (Lipinski definition) is 2. The maximum absolute atomic E-state index is 15.5. The van der Waals surface area contributed by atoms with Crippen molar-refractivity contribution in [2.24, 2.45) is 0 Å². The summed E-state index contributed by atoms with van der Waals surface area (Å²) in [5, 5.41) is 3.84. The van der Waals surface area contributed by atoms with Gasteiger partial charge in [0, 0.05) is 11.1 Å². The molecular formula is C26H18Cl3F7N2O2. The molecule has 40 heavy (non-hydrogen) atoms. The average Bonchev–Trinajstić information content (AvgIpc) is 2.82. The summed E-state index contributed by atoms with van der Waals surface area (Å²) in [6.45, 7) is 1.23. The molecule has 214 valence electrons. The van der Waals surface area contributed by atoms with Gasteiger partial charge in [-0.2, -0.15) is 26.3 Å². The van der Waals surface area contributed by atoms with Crippen LogP contribution in [0.1, 0.15) is 40.7 Å². The number of nitrogens with one attached hydrogen (secondary N) is 2. The van der Waals surface area contributed by atoms with Gasteiger partial charge in [-0.15, -0.1) is 0 Å². The van der Waals surface area contributed by atoms with Crippen molar-refractivity contribution in [3.63, 3.8) is 0 Å². The van der Waals surface area contributed by atoms with Crippen molar-refractivity contribution in [2.75, 3.05) is 0 Å². The van der Waals surface area contributed by atoms with E-state index < -0.39 is 54.1 Å². The highest BCUT2D eigenvalue weighted by Crippen LogP contribution is 2.42. The summed E-state index contributed by atoms with van der Waals surface area (Å²) in [4.78, 5) is 24.3. The van der Waals surface area contributed by atoms with Crippen molar-refractivity contribution in [1.82, 2.24) is 10.6 Å². The first-order valence-corrected chi connectivity index (χ1v) is 12.4. The molecule has 2 atom stereocenters. The Labute approximate surface area is 238 Å². The molecule has 0 aliphatic rings. The fraction of sp³-hybridized carbons (Fsp3) is 0.231. The van der Waals surface area contributed by atoms with E-state index in [0.29, 0.717) is 6.08 Å².